The van der Waals surface area contributed by atoms with Crippen LogP contribution in [-0.2, 0) is 0 Å². The maximum atomic E-state index is 10.4. The fourth-order valence-electron chi connectivity index (χ4n) is 1.28. The Morgan fingerprint density at radius 3 is 3.17 bits per heavy atom. The zero-order chi connectivity index (χ0) is 8.55. The summed E-state index contributed by atoms with van der Waals surface area (Å²) in [5.41, 5.74) is 1.34. The molecule has 1 heterocycles. The number of aliphatic hydroxyl groups is 1. The summed E-state index contributed by atoms with van der Waals surface area (Å²) in [5.74, 6) is 0.618. The van der Waals surface area contributed by atoms with Crippen LogP contribution >= 0.6 is 0 Å². The smallest absolute Gasteiger partial charge is 0.150 e. The van der Waals surface area contributed by atoms with Crippen LogP contribution in [0.5, 0.6) is 5.75 Å². The minimum atomic E-state index is -0.541. The van der Waals surface area contributed by atoms with Gasteiger partial charge in [0.1, 0.15) is 24.7 Å². The van der Waals surface area contributed by atoms with Crippen molar-refractivity contribution in [2.75, 3.05) is 6.61 Å². The average Bonchev–Trinajstić information content (AvgIpc) is 2.47. The molecule has 1 aromatic rings. The summed E-state index contributed by atoms with van der Waals surface area (Å²) in [6.45, 7) is 0.289. The molecule has 0 spiro atoms. The van der Waals surface area contributed by atoms with Gasteiger partial charge in [-0.2, -0.15) is 0 Å². The summed E-state index contributed by atoms with van der Waals surface area (Å²) in [5, 5.41) is 9.33. The monoisotopic (exact) mass is 164 g/mol. The second kappa shape index (κ2) is 2.60. The number of benzene rings is 1. The molecule has 1 aliphatic rings. The van der Waals surface area contributed by atoms with Gasteiger partial charge in [-0.15, -0.1) is 0 Å². The van der Waals surface area contributed by atoms with Gasteiger partial charge in [-0.25, -0.2) is 0 Å². The molecule has 3 nitrogen and oxygen atoms in total. The van der Waals surface area contributed by atoms with Gasteiger partial charge in [0, 0.05) is 11.1 Å². The van der Waals surface area contributed by atoms with E-state index in [9.17, 15) is 9.90 Å². The summed E-state index contributed by atoms with van der Waals surface area (Å²) in [7, 11) is 0. The Labute approximate surface area is 69.6 Å². The number of hydrogen-bond donors (Lipinski definition) is 1. The lowest BCUT2D eigenvalue weighted by atomic mass is 10.1. The zero-order valence-electron chi connectivity index (χ0n) is 6.36. The van der Waals surface area contributed by atoms with Crippen molar-refractivity contribution in [1.29, 1.82) is 0 Å². The Morgan fingerprint density at radius 1 is 1.58 bits per heavy atom. The highest BCUT2D eigenvalue weighted by Crippen LogP contribution is 2.32. The van der Waals surface area contributed by atoms with Crippen molar-refractivity contribution in [2.24, 2.45) is 0 Å². The number of aldehydes is 1. The molecule has 1 aliphatic heterocycles. The minimum absolute atomic E-state index is 0.289. The van der Waals surface area contributed by atoms with E-state index in [2.05, 4.69) is 0 Å². The Morgan fingerprint density at radius 2 is 2.42 bits per heavy atom. The van der Waals surface area contributed by atoms with Crippen LogP contribution in [0, 0.1) is 0 Å². The van der Waals surface area contributed by atoms with E-state index in [-0.39, 0.29) is 6.61 Å². The molecular weight excluding hydrogens is 156 g/mol. The van der Waals surface area contributed by atoms with E-state index < -0.39 is 6.10 Å². The molecule has 0 bridgehead atoms. The van der Waals surface area contributed by atoms with Gasteiger partial charge >= 0.3 is 0 Å². The van der Waals surface area contributed by atoms with Gasteiger partial charge in [0.15, 0.2) is 0 Å². The summed E-state index contributed by atoms with van der Waals surface area (Å²) in [6, 6.07) is 5.03. The lowest BCUT2D eigenvalue weighted by Crippen LogP contribution is -1.97. The predicted octanol–water partition coefficient (Wildman–Crippen LogP) is 0.925. The fourth-order valence-corrected chi connectivity index (χ4v) is 1.28. The van der Waals surface area contributed by atoms with E-state index in [1.165, 1.54) is 0 Å². The topological polar surface area (TPSA) is 46.5 Å². The normalized spacial score (nSPS) is 19.9. The number of carbonyl (C=O) groups is 1. The molecular formula is C9H8O3. The zero-order valence-corrected chi connectivity index (χ0v) is 6.36. The lowest BCUT2D eigenvalue weighted by Gasteiger charge is -1.98. The molecule has 1 N–H and O–H groups in total. The molecule has 1 aromatic carbocycles. The van der Waals surface area contributed by atoms with E-state index in [1.807, 2.05) is 0 Å². The van der Waals surface area contributed by atoms with Crippen molar-refractivity contribution in [3.8, 4) is 5.75 Å². The maximum absolute atomic E-state index is 10.4. The first-order chi connectivity index (χ1) is 5.81. The number of carbonyl (C=O) groups excluding carboxylic acids is 1. The third kappa shape index (κ3) is 0.987. The van der Waals surface area contributed by atoms with Crippen LogP contribution in [0.2, 0.25) is 0 Å². The van der Waals surface area contributed by atoms with E-state index in [0.29, 0.717) is 11.3 Å². The first-order valence-electron chi connectivity index (χ1n) is 3.71. The lowest BCUT2D eigenvalue weighted by molar-refractivity contribution is 0.112. The van der Waals surface area contributed by atoms with Crippen LogP contribution in [0.3, 0.4) is 0 Å². The predicted molar refractivity (Wildman–Crippen MR) is 42.3 cm³/mol. The van der Waals surface area contributed by atoms with Crippen LogP contribution in [0.25, 0.3) is 0 Å². The molecule has 0 saturated heterocycles. The quantitative estimate of drug-likeness (QED) is 0.628. The number of hydrogen-bond acceptors (Lipinski definition) is 3. The third-order valence-electron chi connectivity index (χ3n) is 1.93. The van der Waals surface area contributed by atoms with Crippen LogP contribution in [-0.4, -0.2) is 18.0 Å². The number of aliphatic hydroxyl groups excluding tert-OH is 1. The van der Waals surface area contributed by atoms with Crippen molar-refractivity contribution >= 4 is 6.29 Å². The highest BCUT2D eigenvalue weighted by Gasteiger charge is 2.21. The Kier molecular flexibility index (Phi) is 1.59. The second-order valence-electron chi connectivity index (χ2n) is 2.74. The molecule has 0 aromatic heterocycles. The maximum Gasteiger partial charge on any atom is 0.150 e. The first-order valence-corrected chi connectivity index (χ1v) is 3.71. The molecule has 0 radical (unpaired) electrons. The molecule has 12 heavy (non-hydrogen) atoms. The van der Waals surface area contributed by atoms with Crippen LogP contribution in [0.1, 0.15) is 22.0 Å². The standard InChI is InChI=1S/C9H8O3/c10-4-6-1-2-7-8(11)5-12-9(7)3-6/h1-4,8,11H,5H2. The Balaban J connectivity index is 2.48. The molecule has 3 heteroatoms. The van der Waals surface area contributed by atoms with E-state index >= 15 is 0 Å². The molecule has 0 aliphatic carbocycles. The van der Waals surface area contributed by atoms with Crippen molar-refractivity contribution in [2.45, 2.75) is 6.10 Å². The summed E-state index contributed by atoms with van der Waals surface area (Å²) < 4.78 is 5.14. The first kappa shape index (κ1) is 7.31. The summed E-state index contributed by atoms with van der Waals surface area (Å²) in [6.07, 6.45) is 0.217. The Bertz CT molecular complexity index is 320. The van der Waals surface area contributed by atoms with Gasteiger partial charge in [0.05, 0.1) is 0 Å². The SMILES string of the molecule is O=Cc1ccc2c(c1)OCC2O. The minimum Gasteiger partial charge on any atom is -0.490 e. The van der Waals surface area contributed by atoms with Gasteiger partial charge in [-0.1, -0.05) is 12.1 Å². The molecule has 62 valence electrons. The second-order valence-corrected chi connectivity index (χ2v) is 2.74. The van der Waals surface area contributed by atoms with Crippen LogP contribution in [0.15, 0.2) is 18.2 Å². The largest absolute Gasteiger partial charge is 0.490 e. The third-order valence-corrected chi connectivity index (χ3v) is 1.93. The fraction of sp³-hybridized carbons (Fsp3) is 0.222. The molecule has 1 unspecified atom stereocenters. The van der Waals surface area contributed by atoms with E-state index in [1.54, 1.807) is 18.2 Å². The molecule has 2 rings (SSSR count). The molecule has 0 saturated carbocycles. The van der Waals surface area contributed by atoms with Gasteiger partial charge in [-0.3, -0.25) is 4.79 Å². The van der Waals surface area contributed by atoms with Crippen LogP contribution < -0.4 is 4.74 Å². The number of fused-ring (bicyclic) bond motifs is 1. The van der Waals surface area contributed by atoms with Crippen molar-refractivity contribution < 1.29 is 14.6 Å². The van der Waals surface area contributed by atoms with Gasteiger partial charge in [0.2, 0.25) is 0 Å². The molecule has 0 amide bonds. The highest BCUT2D eigenvalue weighted by atomic mass is 16.5. The van der Waals surface area contributed by atoms with E-state index in [0.717, 1.165) is 11.8 Å². The van der Waals surface area contributed by atoms with Gasteiger partial charge < -0.3 is 9.84 Å². The number of rotatable bonds is 1. The summed E-state index contributed by atoms with van der Waals surface area (Å²) in [4.78, 5) is 10.4. The highest BCUT2D eigenvalue weighted by molar-refractivity contribution is 5.76. The van der Waals surface area contributed by atoms with Crippen molar-refractivity contribution in [3.63, 3.8) is 0 Å². The number of ether oxygens (including phenoxy) is 1. The Hall–Kier alpha value is -1.35. The average molecular weight is 164 g/mol. The molecule has 0 fully saturated rings. The molecule has 1 atom stereocenters. The van der Waals surface area contributed by atoms with Gasteiger partial charge in [-0.05, 0) is 6.07 Å². The van der Waals surface area contributed by atoms with Gasteiger partial charge in [0.25, 0.3) is 0 Å². The van der Waals surface area contributed by atoms with E-state index in [4.69, 9.17) is 4.74 Å². The van der Waals surface area contributed by atoms with Crippen LogP contribution in [0.4, 0.5) is 0 Å². The van der Waals surface area contributed by atoms with Crippen molar-refractivity contribution in [1.82, 2.24) is 0 Å². The summed E-state index contributed by atoms with van der Waals surface area (Å²) >= 11 is 0. The van der Waals surface area contributed by atoms with Crippen molar-refractivity contribution in [3.05, 3.63) is 29.3 Å².